The highest BCUT2D eigenvalue weighted by Crippen LogP contribution is 2.15. The van der Waals surface area contributed by atoms with Crippen molar-refractivity contribution in [3.63, 3.8) is 0 Å². The van der Waals surface area contributed by atoms with Crippen LogP contribution < -0.4 is 10.8 Å². The van der Waals surface area contributed by atoms with Gasteiger partial charge in [-0.1, -0.05) is 60.7 Å². The molecule has 0 unspecified atom stereocenters. The molecule has 2 aromatic carbocycles. The van der Waals surface area contributed by atoms with E-state index in [4.69, 9.17) is 5.21 Å². The highest BCUT2D eigenvalue weighted by atomic mass is 16.5. The Labute approximate surface area is 133 Å². The molecule has 0 aliphatic heterocycles. The summed E-state index contributed by atoms with van der Waals surface area (Å²) in [5.74, 6) is -2.05. The summed E-state index contributed by atoms with van der Waals surface area (Å²) in [4.78, 5) is 24.1. The lowest BCUT2D eigenvalue weighted by molar-refractivity contribution is -0.159. The fraction of sp³-hybridized carbons (Fsp3) is 0.176. The van der Waals surface area contributed by atoms with Gasteiger partial charge in [-0.05, 0) is 11.1 Å². The van der Waals surface area contributed by atoms with Gasteiger partial charge < -0.3 is 10.4 Å². The van der Waals surface area contributed by atoms with Crippen LogP contribution in [0.5, 0.6) is 0 Å². The SMILES string of the molecule is O=C(NO)[C@](O)(Cc1ccccc1)C(=O)NCc1ccccc1. The van der Waals surface area contributed by atoms with Gasteiger partial charge in [0.2, 0.25) is 5.60 Å². The number of carbonyl (C=O) groups excluding carboxylic acids is 2. The van der Waals surface area contributed by atoms with Crippen molar-refractivity contribution in [1.82, 2.24) is 10.8 Å². The lowest BCUT2D eigenvalue weighted by Gasteiger charge is -2.24. The van der Waals surface area contributed by atoms with Crippen LogP contribution in [0.4, 0.5) is 0 Å². The molecule has 4 N–H and O–H groups in total. The third-order valence-electron chi connectivity index (χ3n) is 3.45. The number of carbonyl (C=O) groups is 2. The summed E-state index contributed by atoms with van der Waals surface area (Å²) in [7, 11) is 0. The van der Waals surface area contributed by atoms with E-state index in [1.807, 2.05) is 30.3 Å². The first-order chi connectivity index (χ1) is 11.1. The lowest BCUT2D eigenvalue weighted by atomic mass is 9.92. The summed E-state index contributed by atoms with van der Waals surface area (Å²) in [5.41, 5.74) is 0.375. The molecule has 6 nitrogen and oxygen atoms in total. The largest absolute Gasteiger partial charge is 0.371 e. The molecule has 0 saturated heterocycles. The van der Waals surface area contributed by atoms with Gasteiger partial charge >= 0.3 is 0 Å². The van der Waals surface area contributed by atoms with Crippen molar-refractivity contribution >= 4 is 11.8 Å². The molecule has 2 rings (SSSR count). The van der Waals surface area contributed by atoms with Crippen molar-refractivity contribution in [2.24, 2.45) is 0 Å². The number of aliphatic hydroxyl groups is 1. The molecule has 2 amide bonds. The molecule has 120 valence electrons. The van der Waals surface area contributed by atoms with Crippen LogP contribution in [0.3, 0.4) is 0 Å². The number of nitrogens with one attached hydrogen (secondary N) is 2. The average molecular weight is 314 g/mol. The van der Waals surface area contributed by atoms with Crippen LogP contribution >= 0.6 is 0 Å². The number of hydrogen-bond acceptors (Lipinski definition) is 4. The van der Waals surface area contributed by atoms with Gasteiger partial charge in [-0.15, -0.1) is 0 Å². The standard InChI is InChI=1S/C17H18N2O4/c20-15(18-12-14-9-5-2-6-10-14)17(22,16(21)19-23)11-13-7-3-1-4-8-13/h1-10,22-23H,11-12H2,(H,18,20)(H,19,21)/t17-/m0/s1. The quantitative estimate of drug-likeness (QED) is 0.360. The molecule has 0 spiro atoms. The van der Waals surface area contributed by atoms with Crippen molar-refractivity contribution in [1.29, 1.82) is 0 Å². The van der Waals surface area contributed by atoms with Crippen molar-refractivity contribution in [3.8, 4) is 0 Å². The van der Waals surface area contributed by atoms with Gasteiger partial charge in [-0.25, -0.2) is 5.48 Å². The molecular weight excluding hydrogens is 296 g/mol. The van der Waals surface area contributed by atoms with E-state index in [1.54, 1.807) is 30.3 Å². The Kier molecular flexibility index (Phi) is 5.46. The summed E-state index contributed by atoms with van der Waals surface area (Å²) in [6.45, 7) is 0.162. The van der Waals surface area contributed by atoms with Gasteiger partial charge in [0.25, 0.3) is 11.8 Å². The van der Waals surface area contributed by atoms with E-state index < -0.39 is 17.4 Å². The maximum Gasteiger partial charge on any atom is 0.285 e. The minimum absolute atomic E-state index is 0.162. The molecule has 0 bridgehead atoms. The number of hydroxylamine groups is 1. The summed E-state index contributed by atoms with van der Waals surface area (Å²) < 4.78 is 0. The van der Waals surface area contributed by atoms with Gasteiger partial charge in [0.1, 0.15) is 0 Å². The van der Waals surface area contributed by atoms with Crippen LogP contribution in [0.1, 0.15) is 11.1 Å². The van der Waals surface area contributed by atoms with Crippen LogP contribution in [0.2, 0.25) is 0 Å². The molecule has 0 aliphatic carbocycles. The Bertz CT molecular complexity index is 661. The Hall–Kier alpha value is -2.70. The van der Waals surface area contributed by atoms with Crippen LogP contribution in [0.15, 0.2) is 60.7 Å². The van der Waals surface area contributed by atoms with E-state index in [2.05, 4.69) is 5.32 Å². The third-order valence-corrected chi connectivity index (χ3v) is 3.45. The van der Waals surface area contributed by atoms with Crippen LogP contribution in [-0.4, -0.2) is 27.7 Å². The fourth-order valence-corrected chi connectivity index (χ4v) is 2.17. The second kappa shape index (κ2) is 7.53. The van der Waals surface area contributed by atoms with E-state index in [0.29, 0.717) is 5.56 Å². The highest BCUT2D eigenvalue weighted by molar-refractivity contribution is 6.08. The second-order valence-corrected chi connectivity index (χ2v) is 5.13. The van der Waals surface area contributed by atoms with E-state index >= 15 is 0 Å². The predicted molar refractivity (Wildman–Crippen MR) is 83.3 cm³/mol. The number of benzene rings is 2. The molecule has 0 fully saturated rings. The molecule has 23 heavy (non-hydrogen) atoms. The van der Waals surface area contributed by atoms with Gasteiger partial charge in [-0.3, -0.25) is 14.8 Å². The summed E-state index contributed by atoms with van der Waals surface area (Å²) >= 11 is 0. The van der Waals surface area contributed by atoms with Crippen molar-refractivity contribution in [3.05, 3.63) is 71.8 Å². The maximum absolute atomic E-state index is 12.3. The lowest BCUT2D eigenvalue weighted by Crippen LogP contribution is -2.57. The third kappa shape index (κ3) is 4.15. The Balaban J connectivity index is 2.13. The summed E-state index contributed by atoms with van der Waals surface area (Å²) in [5, 5.41) is 21.9. The predicted octanol–water partition coefficient (Wildman–Crippen LogP) is 0.782. The molecule has 0 heterocycles. The molecule has 0 radical (unpaired) electrons. The van der Waals surface area contributed by atoms with Crippen LogP contribution in [-0.2, 0) is 22.6 Å². The van der Waals surface area contributed by atoms with E-state index in [-0.39, 0.29) is 13.0 Å². The maximum atomic E-state index is 12.3. The monoisotopic (exact) mass is 314 g/mol. The van der Waals surface area contributed by atoms with Gasteiger partial charge in [-0.2, -0.15) is 0 Å². The Morgan fingerprint density at radius 3 is 1.91 bits per heavy atom. The fourth-order valence-electron chi connectivity index (χ4n) is 2.17. The first kappa shape index (κ1) is 16.7. The van der Waals surface area contributed by atoms with Gasteiger partial charge in [0.05, 0.1) is 0 Å². The normalized spacial score (nSPS) is 13.0. The zero-order chi connectivity index (χ0) is 16.7. The number of amides is 2. The molecular formula is C17H18N2O4. The molecule has 6 heteroatoms. The van der Waals surface area contributed by atoms with E-state index in [9.17, 15) is 14.7 Å². The minimum atomic E-state index is -2.40. The minimum Gasteiger partial charge on any atom is -0.371 e. The van der Waals surface area contributed by atoms with Crippen LogP contribution in [0, 0.1) is 0 Å². The molecule has 0 aromatic heterocycles. The average Bonchev–Trinajstić information content (AvgIpc) is 2.60. The highest BCUT2D eigenvalue weighted by Gasteiger charge is 2.44. The zero-order valence-electron chi connectivity index (χ0n) is 12.4. The Morgan fingerprint density at radius 1 is 0.870 bits per heavy atom. The van der Waals surface area contributed by atoms with Gasteiger partial charge in [0, 0.05) is 13.0 Å². The number of hydrogen-bond donors (Lipinski definition) is 4. The first-order valence-corrected chi connectivity index (χ1v) is 7.09. The number of rotatable bonds is 6. The Morgan fingerprint density at radius 2 is 1.39 bits per heavy atom. The van der Waals surface area contributed by atoms with Crippen molar-refractivity contribution < 1.29 is 19.9 Å². The first-order valence-electron chi connectivity index (χ1n) is 7.09. The molecule has 2 aromatic rings. The van der Waals surface area contributed by atoms with Crippen LogP contribution in [0.25, 0.3) is 0 Å². The van der Waals surface area contributed by atoms with Gasteiger partial charge in [0.15, 0.2) is 0 Å². The molecule has 1 atom stereocenters. The zero-order valence-corrected chi connectivity index (χ0v) is 12.4. The van der Waals surface area contributed by atoms with E-state index in [0.717, 1.165) is 5.56 Å². The molecule has 0 aliphatic rings. The molecule has 0 saturated carbocycles. The summed E-state index contributed by atoms with van der Waals surface area (Å²) in [6, 6.07) is 17.7. The summed E-state index contributed by atoms with van der Waals surface area (Å²) in [6.07, 6.45) is -0.249. The topological polar surface area (TPSA) is 98.7 Å². The smallest absolute Gasteiger partial charge is 0.285 e. The van der Waals surface area contributed by atoms with Crippen molar-refractivity contribution in [2.45, 2.75) is 18.6 Å². The van der Waals surface area contributed by atoms with E-state index in [1.165, 1.54) is 5.48 Å². The second-order valence-electron chi connectivity index (χ2n) is 5.13. The van der Waals surface area contributed by atoms with Crippen molar-refractivity contribution in [2.75, 3.05) is 0 Å².